The van der Waals surface area contributed by atoms with Crippen molar-refractivity contribution in [2.45, 2.75) is 18.9 Å². The number of aromatic nitrogens is 4. The molecule has 0 amide bonds. The molecule has 1 aliphatic heterocycles. The van der Waals surface area contributed by atoms with E-state index in [1.54, 1.807) is 23.4 Å². The first kappa shape index (κ1) is 23.2. The van der Waals surface area contributed by atoms with Crippen molar-refractivity contribution < 1.29 is 13.2 Å². The molecule has 0 atom stereocenters. The summed E-state index contributed by atoms with van der Waals surface area (Å²) in [5.41, 5.74) is 7.24. The highest BCUT2D eigenvalue weighted by Gasteiger charge is 2.37. The number of pyridine rings is 1. The molecular weight excluding hydrogens is 507 g/mol. The number of H-pyrrole nitrogens is 2. The van der Waals surface area contributed by atoms with E-state index in [0.717, 1.165) is 71.7 Å². The molecule has 190 valence electrons. The van der Waals surface area contributed by atoms with Crippen molar-refractivity contribution in [1.82, 2.24) is 25.1 Å². The number of rotatable bonds is 5. The molecule has 0 saturated carbocycles. The Kier molecular flexibility index (Phi) is 5.38. The summed E-state index contributed by atoms with van der Waals surface area (Å²) in [7, 11) is 0. The summed E-state index contributed by atoms with van der Waals surface area (Å²) in [6.45, 7) is 0.617. The average molecular weight is 530 g/mol. The molecule has 0 unspecified atom stereocenters. The summed E-state index contributed by atoms with van der Waals surface area (Å²) in [6.07, 6.45) is 3.43. The monoisotopic (exact) mass is 529 g/mol. The van der Waals surface area contributed by atoms with Crippen molar-refractivity contribution >= 4 is 33.1 Å². The highest BCUT2D eigenvalue weighted by molar-refractivity contribution is 7.14. The lowest BCUT2D eigenvalue weighted by Gasteiger charge is -2.15. The molecule has 2 N–H and O–H groups in total. The Morgan fingerprint density at radius 1 is 0.947 bits per heavy atom. The van der Waals surface area contributed by atoms with E-state index >= 15 is 0 Å². The molecule has 5 heterocycles. The number of likely N-dealkylation sites (tertiary alicyclic amines) is 1. The van der Waals surface area contributed by atoms with Crippen molar-refractivity contribution in [3.8, 4) is 33.0 Å². The third kappa shape index (κ3) is 4.17. The van der Waals surface area contributed by atoms with Crippen molar-refractivity contribution in [1.29, 1.82) is 0 Å². The van der Waals surface area contributed by atoms with Crippen LogP contribution in [-0.4, -0.2) is 44.1 Å². The Hall–Kier alpha value is -3.95. The van der Waals surface area contributed by atoms with Crippen LogP contribution >= 0.6 is 11.3 Å². The van der Waals surface area contributed by atoms with Crippen LogP contribution < -0.4 is 0 Å². The molecule has 6 aromatic rings. The highest BCUT2D eigenvalue weighted by Crippen LogP contribution is 2.37. The van der Waals surface area contributed by atoms with E-state index < -0.39 is 5.92 Å². The zero-order valence-electron chi connectivity index (χ0n) is 20.1. The lowest BCUT2D eigenvalue weighted by atomic mass is 10.0. The van der Waals surface area contributed by atoms with E-state index in [0.29, 0.717) is 13.1 Å². The number of halogens is 3. The molecule has 7 rings (SSSR count). The molecule has 0 bridgehead atoms. The predicted molar refractivity (Wildman–Crippen MR) is 145 cm³/mol. The first-order valence-corrected chi connectivity index (χ1v) is 13.1. The topological polar surface area (TPSA) is 60.6 Å². The van der Waals surface area contributed by atoms with E-state index in [1.165, 1.54) is 6.07 Å². The van der Waals surface area contributed by atoms with Crippen LogP contribution in [0.5, 0.6) is 0 Å². The van der Waals surface area contributed by atoms with Crippen molar-refractivity contribution in [2.24, 2.45) is 0 Å². The fraction of sp³-hybridized carbons (Fsp3) is 0.172. The maximum atomic E-state index is 13.7. The second kappa shape index (κ2) is 8.82. The van der Waals surface area contributed by atoms with Gasteiger partial charge in [-0.1, -0.05) is 18.2 Å². The minimum atomic E-state index is -2.61. The summed E-state index contributed by atoms with van der Waals surface area (Å²) >= 11 is 1.13. The Bertz CT molecular complexity index is 1800. The van der Waals surface area contributed by atoms with Gasteiger partial charge in [0, 0.05) is 64.2 Å². The first-order chi connectivity index (χ1) is 18.4. The van der Waals surface area contributed by atoms with Crippen molar-refractivity contribution in [3.63, 3.8) is 0 Å². The van der Waals surface area contributed by atoms with Gasteiger partial charge in [-0.15, -0.1) is 11.3 Å². The van der Waals surface area contributed by atoms with Gasteiger partial charge in [0.15, 0.2) is 5.13 Å². The molecule has 1 aliphatic rings. The van der Waals surface area contributed by atoms with Crippen molar-refractivity contribution in [3.05, 3.63) is 83.8 Å². The van der Waals surface area contributed by atoms with Crippen LogP contribution in [0.4, 0.5) is 13.2 Å². The molecule has 0 spiro atoms. The molecule has 0 radical (unpaired) electrons. The van der Waals surface area contributed by atoms with Gasteiger partial charge in [-0.25, -0.2) is 8.78 Å². The zero-order valence-corrected chi connectivity index (χ0v) is 21.0. The third-order valence-corrected chi connectivity index (χ3v) is 8.01. The van der Waals surface area contributed by atoms with Gasteiger partial charge >= 0.3 is 0 Å². The van der Waals surface area contributed by atoms with Crippen LogP contribution in [0.25, 0.3) is 54.8 Å². The fourth-order valence-corrected chi connectivity index (χ4v) is 6.06. The Balaban J connectivity index is 1.24. The summed E-state index contributed by atoms with van der Waals surface area (Å²) in [6, 6.07) is 19.4. The SMILES string of the molecule is Fc1ccc(-c2cccc3[nH]c(-c4n[nH]c5ccc(-c6cncc(CN7CCC(F)(F)C7)c6)cc45)cc23)s1. The number of aromatic amines is 2. The molecule has 1 fully saturated rings. The number of benzene rings is 2. The minimum Gasteiger partial charge on any atom is -0.353 e. The fourth-order valence-electron chi connectivity index (χ4n) is 5.29. The van der Waals surface area contributed by atoms with Gasteiger partial charge in [0.05, 0.1) is 17.8 Å². The number of nitrogens with zero attached hydrogens (tertiary/aromatic N) is 3. The summed E-state index contributed by atoms with van der Waals surface area (Å²) in [4.78, 5) is 10.5. The summed E-state index contributed by atoms with van der Waals surface area (Å²) in [5.74, 6) is -2.61. The highest BCUT2D eigenvalue weighted by atomic mass is 32.1. The normalized spacial score (nSPS) is 15.7. The summed E-state index contributed by atoms with van der Waals surface area (Å²) < 4.78 is 41.0. The molecule has 4 aromatic heterocycles. The number of fused-ring (bicyclic) bond motifs is 2. The number of alkyl halides is 2. The first-order valence-electron chi connectivity index (χ1n) is 12.3. The number of nitrogens with one attached hydrogen (secondary N) is 2. The van der Waals surface area contributed by atoms with Crippen LogP contribution in [0.3, 0.4) is 0 Å². The average Bonchev–Trinajstić information content (AvgIpc) is 3.69. The Morgan fingerprint density at radius 2 is 1.87 bits per heavy atom. The molecule has 2 aromatic carbocycles. The van der Waals surface area contributed by atoms with Crippen LogP contribution in [0.15, 0.2) is 73.1 Å². The van der Waals surface area contributed by atoms with E-state index in [9.17, 15) is 13.2 Å². The lowest BCUT2D eigenvalue weighted by molar-refractivity contribution is 0.0115. The Labute approximate surface area is 220 Å². The Morgan fingerprint density at radius 3 is 2.68 bits per heavy atom. The second-order valence-corrected chi connectivity index (χ2v) is 10.8. The smallest absolute Gasteiger partial charge is 0.261 e. The second-order valence-electron chi connectivity index (χ2n) is 9.78. The zero-order chi connectivity index (χ0) is 25.9. The standard InChI is InChI=1S/C29H22F3N5S/c30-27-7-6-26(38-27)20-2-1-3-23-21(20)12-25(34-23)28-22-11-18(4-5-24(22)35-36-28)19-10-17(13-33-14-19)15-37-9-8-29(31,32)16-37/h1-7,10-14,34H,8-9,15-16H2,(H,35,36). The minimum absolute atomic E-state index is 0.0977. The molecule has 9 heteroatoms. The molecule has 0 aliphatic carbocycles. The van der Waals surface area contributed by atoms with Gasteiger partial charge in [-0.05, 0) is 53.6 Å². The molecule has 1 saturated heterocycles. The van der Waals surface area contributed by atoms with Crippen LogP contribution in [0.2, 0.25) is 0 Å². The molecule has 5 nitrogen and oxygen atoms in total. The van der Waals surface area contributed by atoms with Gasteiger partial charge in [0.1, 0.15) is 5.69 Å². The van der Waals surface area contributed by atoms with E-state index in [2.05, 4.69) is 32.3 Å². The number of hydrogen-bond acceptors (Lipinski definition) is 4. The lowest BCUT2D eigenvalue weighted by Crippen LogP contribution is -2.24. The van der Waals surface area contributed by atoms with Gasteiger partial charge in [-0.3, -0.25) is 15.0 Å². The summed E-state index contributed by atoms with van der Waals surface area (Å²) in [5, 5.41) is 9.45. The quantitative estimate of drug-likeness (QED) is 0.243. The maximum absolute atomic E-state index is 13.7. The number of hydrogen-bond donors (Lipinski definition) is 2. The van der Waals surface area contributed by atoms with Gasteiger partial charge < -0.3 is 4.98 Å². The van der Waals surface area contributed by atoms with Crippen LogP contribution in [0, 0.1) is 5.13 Å². The van der Waals surface area contributed by atoms with Gasteiger partial charge in [-0.2, -0.15) is 9.49 Å². The number of thiophene rings is 1. The van der Waals surface area contributed by atoms with E-state index in [-0.39, 0.29) is 18.1 Å². The largest absolute Gasteiger partial charge is 0.353 e. The van der Waals surface area contributed by atoms with Gasteiger partial charge in [0.2, 0.25) is 0 Å². The van der Waals surface area contributed by atoms with Crippen LogP contribution in [0.1, 0.15) is 12.0 Å². The predicted octanol–water partition coefficient (Wildman–Crippen LogP) is 7.48. The third-order valence-electron chi connectivity index (χ3n) is 7.10. The maximum Gasteiger partial charge on any atom is 0.261 e. The molecular formula is C29H22F3N5S. The van der Waals surface area contributed by atoms with Gasteiger partial charge in [0.25, 0.3) is 5.92 Å². The van der Waals surface area contributed by atoms with E-state index in [1.807, 2.05) is 36.4 Å². The van der Waals surface area contributed by atoms with E-state index in [4.69, 9.17) is 0 Å². The van der Waals surface area contributed by atoms with Crippen molar-refractivity contribution in [2.75, 3.05) is 13.1 Å². The van der Waals surface area contributed by atoms with Crippen LogP contribution in [-0.2, 0) is 6.54 Å². The molecule has 38 heavy (non-hydrogen) atoms.